The molecule has 0 aromatic heterocycles. The molecular weight excluding hydrogens is 366 g/mol. The summed E-state index contributed by atoms with van der Waals surface area (Å²) in [5.41, 5.74) is 0. The van der Waals surface area contributed by atoms with Crippen LogP contribution in [0.5, 0.6) is 17.2 Å². The highest BCUT2D eigenvalue weighted by Crippen LogP contribution is 2.26. The van der Waals surface area contributed by atoms with Crippen molar-refractivity contribution < 1.29 is 19.0 Å². The molecule has 1 unspecified atom stereocenters. The summed E-state index contributed by atoms with van der Waals surface area (Å²) in [4.78, 5) is 13.5. The zero-order valence-corrected chi connectivity index (χ0v) is 16.2. The van der Waals surface area contributed by atoms with E-state index in [0.717, 1.165) is 49.7 Å². The van der Waals surface area contributed by atoms with Crippen LogP contribution in [0.2, 0.25) is 5.02 Å². The van der Waals surface area contributed by atoms with Gasteiger partial charge in [0.15, 0.2) is 0 Å². The zero-order valence-electron chi connectivity index (χ0n) is 15.4. The number of esters is 1. The Kier molecular flexibility index (Phi) is 6.96. The van der Waals surface area contributed by atoms with Gasteiger partial charge in [0.25, 0.3) is 0 Å². The second-order valence-corrected chi connectivity index (χ2v) is 6.97. The number of nitrogens with zero attached hydrogens (tertiary/aromatic N) is 1. The van der Waals surface area contributed by atoms with E-state index in [1.807, 2.05) is 36.4 Å². The average molecular weight is 390 g/mol. The molecule has 1 fully saturated rings. The Balaban J connectivity index is 1.43. The number of benzene rings is 2. The smallest absolute Gasteiger partial charge is 0.305 e. The normalized spacial score (nSPS) is 16.9. The number of likely N-dealkylation sites (tertiary alicyclic amines) is 1. The summed E-state index contributed by atoms with van der Waals surface area (Å²) in [5.74, 6) is 2.18. The Hall–Kier alpha value is -2.24. The summed E-state index contributed by atoms with van der Waals surface area (Å²) >= 11 is 5.88. The molecule has 1 heterocycles. The first kappa shape index (κ1) is 19.5. The molecule has 3 rings (SSSR count). The highest BCUT2D eigenvalue weighted by molar-refractivity contribution is 6.30. The molecule has 1 aliphatic heterocycles. The molecule has 6 heteroatoms. The lowest BCUT2D eigenvalue weighted by molar-refractivity contribution is -0.140. The number of carbonyl (C=O) groups is 1. The minimum atomic E-state index is -0.150. The van der Waals surface area contributed by atoms with Gasteiger partial charge in [-0.05, 0) is 67.9 Å². The van der Waals surface area contributed by atoms with Crippen LogP contribution < -0.4 is 9.47 Å². The summed E-state index contributed by atoms with van der Waals surface area (Å²) < 4.78 is 16.5. The van der Waals surface area contributed by atoms with Gasteiger partial charge < -0.3 is 14.2 Å². The third-order valence-corrected chi connectivity index (χ3v) is 4.74. The number of carbonyl (C=O) groups excluding carboxylic acids is 1. The van der Waals surface area contributed by atoms with Crippen LogP contribution >= 0.6 is 11.6 Å². The number of ether oxygens (including phenoxy) is 3. The molecule has 1 atom stereocenters. The van der Waals surface area contributed by atoms with Crippen LogP contribution in [0.3, 0.4) is 0 Å². The Labute approximate surface area is 164 Å². The molecule has 0 aliphatic carbocycles. The Morgan fingerprint density at radius 1 is 1.07 bits per heavy atom. The lowest BCUT2D eigenvalue weighted by Crippen LogP contribution is -2.26. The Bertz CT molecular complexity index is 733. The van der Waals surface area contributed by atoms with Crippen LogP contribution in [-0.2, 0) is 9.53 Å². The van der Waals surface area contributed by atoms with E-state index in [4.69, 9.17) is 21.1 Å². The molecule has 0 radical (unpaired) electrons. The van der Waals surface area contributed by atoms with Crippen molar-refractivity contribution in [2.75, 3.05) is 26.7 Å². The van der Waals surface area contributed by atoms with Gasteiger partial charge >= 0.3 is 5.97 Å². The Morgan fingerprint density at radius 2 is 1.70 bits per heavy atom. The largest absolute Gasteiger partial charge is 0.489 e. The fraction of sp³-hybridized carbons (Fsp3) is 0.381. The summed E-state index contributed by atoms with van der Waals surface area (Å²) in [6.07, 6.45) is 2.44. The standard InChI is InChI=1S/C21H24ClNO4/c1-25-21(24)3-2-13-23-14-12-20(15-23)27-19-10-8-18(9-11-19)26-17-6-4-16(22)5-7-17/h4-11,20H,2-3,12-15H2,1H3. The van der Waals surface area contributed by atoms with Crippen molar-refractivity contribution in [1.82, 2.24) is 4.90 Å². The highest BCUT2D eigenvalue weighted by atomic mass is 35.5. The van der Waals surface area contributed by atoms with Gasteiger partial charge in [-0.1, -0.05) is 11.6 Å². The average Bonchev–Trinajstić information content (AvgIpc) is 3.12. The third kappa shape index (κ3) is 6.15. The molecule has 5 nitrogen and oxygen atoms in total. The van der Waals surface area contributed by atoms with Gasteiger partial charge in [0.2, 0.25) is 0 Å². The van der Waals surface area contributed by atoms with Crippen LogP contribution in [0.1, 0.15) is 19.3 Å². The topological polar surface area (TPSA) is 48.0 Å². The minimum Gasteiger partial charge on any atom is -0.489 e. The maximum atomic E-state index is 11.2. The van der Waals surface area contributed by atoms with E-state index >= 15 is 0 Å². The Morgan fingerprint density at radius 3 is 2.37 bits per heavy atom. The quantitative estimate of drug-likeness (QED) is 0.620. The van der Waals surface area contributed by atoms with Crippen LogP contribution in [0.25, 0.3) is 0 Å². The molecule has 0 N–H and O–H groups in total. The molecule has 0 spiro atoms. The number of rotatable bonds is 8. The highest BCUT2D eigenvalue weighted by Gasteiger charge is 2.23. The molecule has 1 aliphatic rings. The fourth-order valence-electron chi connectivity index (χ4n) is 3.06. The molecule has 0 amide bonds. The van der Waals surface area contributed by atoms with Crippen molar-refractivity contribution in [3.63, 3.8) is 0 Å². The predicted molar refractivity (Wildman–Crippen MR) is 105 cm³/mol. The molecule has 0 bridgehead atoms. The maximum Gasteiger partial charge on any atom is 0.305 e. The van der Waals surface area contributed by atoms with Gasteiger partial charge in [0, 0.05) is 24.5 Å². The lowest BCUT2D eigenvalue weighted by atomic mass is 10.3. The van der Waals surface area contributed by atoms with E-state index in [1.165, 1.54) is 7.11 Å². The lowest BCUT2D eigenvalue weighted by Gasteiger charge is -2.17. The van der Waals surface area contributed by atoms with E-state index < -0.39 is 0 Å². The van der Waals surface area contributed by atoms with E-state index in [-0.39, 0.29) is 12.1 Å². The van der Waals surface area contributed by atoms with Crippen molar-refractivity contribution >= 4 is 17.6 Å². The van der Waals surface area contributed by atoms with Crippen LogP contribution in [0, 0.1) is 0 Å². The second kappa shape index (κ2) is 9.62. The van der Waals surface area contributed by atoms with Gasteiger partial charge in [0.1, 0.15) is 23.4 Å². The van der Waals surface area contributed by atoms with E-state index in [2.05, 4.69) is 9.64 Å². The molecule has 0 saturated carbocycles. The van der Waals surface area contributed by atoms with Gasteiger partial charge in [-0.25, -0.2) is 0 Å². The van der Waals surface area contributed by atoms with Gasteiger partial charge in [-0.3, -0.25) is 9.69 Å². The fourth-order valence-corrected chi connectivity index (χ4v) is 3.19. The summed E-state index contributed by atoms with van der Waals surface area (Å²) in [6.45, 7) is 2.76. The van der Waals surface area contributed by atoms with Crippen molar-refractivity contribution in [1.29, 1.82) is 0 Å². The SMILES string of the molecule is COC(=O)CCCN1CCC(Oc2ccc(Oc3ccc(Cl)cc3)cc2)C1. The van der Waals surface area contributed by atoms with E-state index in [1.54, 1.807) is 12.1 Å². The summed E-state index contributed by atoms with van der Waals surface area (Å²) in [5, 5.41) is 0.682. The first-order valence-corrected chi connectivity index (χ1v) is 9.49. The zero-order chi connectivity index (χ0) is 19.1. The monoisotopic (exact) mass is 389 g/mol. The van der Waals surface area contributed by atoms with Crippen LogP contribution in [-0.4, -0.2) is 43.7 Å². The van der Waals surface area contributed by atoms with E-state index in [9.17, 15) is 4.79 Å². The number of hydrogen-bond donors (Lipinski definition) is 0. The maximum absolute atomic E-state index is 11.2. The van der Waals surface area contributed by atoms with Crippen LogP contribution in [0.15, 0.2) is 48.5 Å². The molecule has 144 valence electrons. The van der Waals surface area contributed by atoms with Gasteiger partial charge in [-0.2, -0.15) is 0 Å². The minimum absolute atomic E-state index is 0.150. The first-order valence-electron chi connectivity index (χ1n) is 9.12. The third-order valence-electron chi connectivity index (χ3n) is 4.49. The molecule has 2 aromatic carbocycles. The molecule has 2 aromatic rings. The molecule has 27 heavy (non-hydrogen) atoms. The van der Waals surface area contributed by atoms with E-state index in [0.29, 0.717) is 11.4 Å². The van der Waals surface area contributed by atoms with Crippen molar-refractivity contribution in [2.24, 2.45) is 0 Å². The number of hydrogen-bond acceptors (Lipinski definition) is 5. The van der Waals surface area contributed by atoms with Gasteiger partial charge in [0.05, 0.1) is 7.11 Å². The first-order chi connectivity index (χ1) is 13.1. The second-order valence-electron chi connectivity index (χ2n) is 6.54. The van der Waals surface area contributed by atoms with Crippen LogP contribution in [0.4, 0.5) is 0 Å². The number of halogens is 1. The van der Waals surface area contributed by atoms with Crippen molar-refractivity contribution in [2.45, 2.75) is 25.4 Å². The van der Waals surface area contributed by atoms with Gasteiger partial charge in [-0.15, -0.1) is 0 Å². The molecule has 1 saturated heterocycles. The number of methoxy groups -OCH3 is 1. The van der Waals surface area contributed by atoms with Crippen molar-refractivity contribution in [3.8, 4) is 17.2 Å². The summed E-state index contributed by atoms with van der Waals surface area (Å²) in [6, 6.07) is 14.9. The summed E-state index contributed by atoms with van der Waals surface area (Å²) in [7, 11) is 1.42. The molecular formula is C21H24ClNO4. The predicted octanol–water partition coefficient (Wildman–Crippen LogP) is 4.54. The van der Waals surface area contributed by atoms with Crippen molar-refractivity contribution in [3.05, 3.63) is 53.6 Å².